The van der Waals surface area contributed by atoms with Crippen LogP contribution in [0.5, 0.6) is 0 Å². The van der Waals surface area contributed by atoms with E-state index in [1.807, 2.05) is 0 Å². The van der Waals surface area contributed by atoms with Crippen LogP contribution in [0.25, 0.3) is 0 Å². The normalized spacial score (nSPS) is 15.4. The summed E-state index contributed by atoms with van der Waals surface area (Å²) in [5, 5.41) is 0. The summed E-state index contributed by atoms with van der Waals surface area (Å²) in [4.78, 5) is 13.7. The molecule has 0 saturated carbocycles. The van der Waals surface area contributed by atoms with Crippen LogP contribution in [-0.2, 0) is 4.79 Å². The average Bonchev–Trinajstić information content (AvgIpc) is 2.51. The third kappa shape index (κ3) is 1.83. The zero-order valence-electron chi connectivity index (χ0n) is 11.9. The Labute approximate surface area is 120 Å². The lowest BCUT2D eigenvalue weighted by atomic mass is 9.76. The molecule has 2 aromatic rings. The van der Waals surface area contributed by atoms with E-state index in [1.54, 1.807) is 0 Å². The largest absolute Gasteiger partial charge is 0.344 e. The Morgan fingerprint density at radius 2 is 1.55 bits per heavy atom. The minimum Gasteiger partial charge on any atom is -0.344 e. The van der Waals surface area contributed by atoms with Crippen molar-refractivity contribution in [2.24, 2.45) is 5.92 Å². The molecule has 20 heavy (non-hydrogen) atoms. The summed E-state index contributed by atoms with van der Waals surface area (Å²) in [7, 11) is 2.09. The van der Waals surface area contributed by atoms with Crippen LogP contribution in [0.15, 0.2) is 48.5 Å². The molecule has 0 saturated heterocycles. The SMILES string of the molecule is CC[C@H](C=O)C1c2ccccc2N(C)c2ccccc21. The van der Waals surface area contributed by atoms with Gasteiger partial charge in [0.2, 0.25) is 0 Å². The smallest absolute Gasteiger partial charge is 0.124 e. The number of aldehydes is 1. The fourth-order valence-electron chi connectivity index (χ4n) is 3.28. The van der Waals surface area contributed by atoms with Crippen LogP contribution in [0, 0.1) is 5.92 Å². The predicted octanol–water partition coefficient (Wildman–Crippen LogP) is 4.12. The molecule has 1 aliphatic rings. The Morgan fingerprint density at radius 1 is 1.05 bits per heavy atom. The van der Waals surface area contributed by atoms with Crippen molar-refractivity contribution in [3.05, 3.63) is 59.7 Å². The molecule has 0 bridgehead atoms. The second-order valence-electron chi connectivity index (χ2n) is 5.36. The molecule has 1 atom stereocenters. The molecule has 0 amide bonds. The monoisotopic (exact) mass is 265 g/mol. The molecule has 0 unspecified atom stereocenters. The molecule has 0 aliphatic carbocycles. The maximum Gasteiger partial charge on any atom is 0.124 e. The number of fused-ring (bicyclic) bond motifs is 2. The van der Waals surface area contributed by atoms with Crippen LogP contribution >= 0.6 is 0 Å². The van der Waals surface area contributed by atoms with Crippen molar-refractivity contribution in [1.82, 2.24) is 0 Å². The predicted molar refractivity (Wildman–Crippen MR) is 82.6 cm³/mol. The van der Waals surface area contributed by atoms with E-state index in [0.717, 1.165) is 12.7 Å². The highest BCUT2D eigenvalue weighted by atomic mass is 16.1. The van der Waals surface area contributed by atoms with Gasteiger partial charge in [0.05, 0.1) is 0 Å². The zero-order valence-corrected chi connectivity index (χ0v) is 11.9. The minimum absolute atomic E-state index is 0.0333. The average molecular weight is 265 g/mol. The standard InChI is InChI=1S/C18H19NO/c1-3-13(12-20)18-14-8-4-6-10-16(14)19(2)17-11-7-5-9-15(17)18/h4-13,18H,3H2,1-2H3/t13-/m1/s1. The third-order valence-corrected chi connectivity index (χ3v) is 4.34. The Kier molecular flexibility index (Phi) is 3.31. The maximum absolute atomic E-state index is 11.5. The summed E-state index contributed by atoms with van der Waals surface area (Å²) in [6, 6.07) is 16.8. The Balaban J connectivity index is 2.24. The molecule has 2 nitrogen and oxygen atoms in total. The van der Waals surface area contributed by atoms with E-state index in [-0.39, 0.29) is 11.8 Å². The van der Waals surface area contributed by atoms with Crippen LogP contribution in [0.1, 0.15) is 30.4 Å². The molecule has 2 heteroatoms. The number of carbonyl (C=O) groups excluding carboxylic acids is 1. The number of carbonyl (C=O) groups is 1. The van der Waals surface area contributed by atoms with Gasteiger partial charge in [0, 0.05) is 30.3 Å². The molecule has 102 valence electrons. The van der Waals surface area contributed by atoms with Crippen molar-refractivity contribution >= 4 is 17.7 Å². The molecule has 0 aromatic heterocycles. The number of rotatable bonds is 3. The van der Waals surface area contributed by atoms with Crippen molar-refractivity contribution in [3.63, 3.8) is 0 Å². The van der Waals surface area contributed by atoms with Crippen LogP contribution in [0.4, 0.5) is 11.4 Å². The molecule has 1 aliphatic heterocycles. The van der Waals surface area contributed by atoms with Crippen LogP contribution in [-0.4, -0.2) is 13.3 Å². The number of anilines is 2. The summed E-state index contributed by atoms with van der Waals surface area (Å²) in [6.45, 7) is 2.09. The van der Waals surface area contributed by atoms with E-state index in [9.17, 15) is 4.79 Å². The van der Waals surface area contributed by atoms with E-state index in [1.165, 1.54) is 22.5 Å². The van der Waals surface area contributed by atoms with Gasteiger partial charge in [-0.15, -0.1) is 0 Å². The highest BCUT2D eigenvalue weighted by Gasteiger charge is 2.32. The second kappa shape index (κ2) is 5.12. The van der Waals surface area contributed by atoms with Crippen molar-refractivity contribution in [2.45, 2.75) is 19.3 Å². The first kappa shape index (κ1) is 12.9. The van der Waals surface area contributed by atoms with Gasteiger partial charge in [0.1, 0.15) is 6.29 Å². The van der Waals surface area contributed by atoms with Gasteiger partial charge in [-0.25, -0.2) is 0 Å². The number of benzene rings is 2. The lowest BCUT2D eigenvalue weighted by Crippen LogP contribution is -2.26. The highest BCUT2D eigenvalue weighted by molar-refractivity contribution is 5.77. The molecule has 1 heterocycles. The van der Waals surface area contributed by atoms with E-state index in [0.29, 0.717) is 0 Å². The van der Waals surface area contributed by atoms with Crippen molar-refractivity contribution in [1.29, 1.82) is 0 Å². The van der Waals surface area contributed by atoms with Crippen LogP contribution < -0.4 is 4.90 Å². The van der Waals surface area contributed by atoms with Gasteiger partial charge in [-0.05, 0) is 29.7 Å². The summed E-state index contributed by atoms with van der Waals surface area (Å²) in [5.74, 6) is 0.201. The molecule has 3 rings (SSSR count). The van der Waals surface area contributed by atoms with Gasteiger partial charge in [0.25, 0.3) is 0 Å². The van der Waals surface area contributed by atoms with Crippen LogP contribution in [0.3, 0.4) is 0 Å². The number of nitrogens with zero attached hydrogens (tertiary/aromatic N) is 1. The fourth-order valence-corrected chi connectivity index (χ4v) is 3.28. The van der Waals surface area contributed by atoms with Gasteiger partial charge >= 0.3 is 0 Å². The van der Waals surface area contributed by atoms with E-state index in [4.69, 9.17) is 0 Å². The molecule has 2 aromatic carbocycles. The first-order valence-corrected chi connectivity index (χ1v) is 7.14. The Hall–Kier alpha value is -2.09. The summed E-state index contributed by atoms with van der Waals surface area (Å²) < 4.78 is 0. The lowest BCUT2D eigenvalue weighted by molar-refractivity contribution is -0.111. The van der Waals surface area contributed by atoms with E-state index < -0.39 is 0 Å². The highest BCUT2D eigenvalue weighted by Crippen LogP contribution is 2.47. The first-order chi connectivity index (χ1) is 9.77. The minimum atomic E-state index is 0.0333. The Bertz CT molecular complexity index is 587. The van der Waals surface area contributed by atoms with Gasteiger partial charge in [-0.2, -0.15) is 0 Å². The van der Waals surface area contributed by atoms with Gasteiger partial charge in [-0.1, -0.05) is 43.3 Å². The maximum atomic E-state index is 11.5. The number of hydrogen-bond acceptors (Lipinski definition) is 2. The quantitative estimate of drug-likeness (QED) is 0.778. The van der Waals surface area contributed by atoms with E-state index >= 15 is 0 Å². The lowest BCUT2D eigenvalue weighted by Gasteiger charge is -2.37. The second-order valence-corrected chi connectivity index (χ2v) is 5.36. The molecule has 0 spiro atoms. The molecule has 0 N–H and O–H groups in total. The summed E-state index contributed by atoms with van der Waals surface area (Å²) in [5.41, 5.74) is 4.92. The zero-order chi connectivity index (χ0) is 14.1. The molecule has 0 fully saturated rings. The number of para-hydroxylation sites is 2. The first-order valence-electron chi connectivity index (χ1n) is 7.14. The molecular formula is C18H19NO. The summed E-state index contributed by atoms with van der Waals surface area (Å²) in [6.07, 6.45) is 1.98. The van der Waals surface area contributed by atoms with Gasteiger partial charge < -0.3 is 9.69 Å². The molecule has 0 radical (unpaired) electrons. The van der Waals surface area contributed by atoms with Crippen LogP contribution in [0.2, 0.25) is 0 Å². The fraction of sp³-hybridized carbons (Fsp3) is 0.278. The van der Waals surface area contributed by atoms with Crippen molar-refractivity contribution in [2.75, 3.05) is 11.9 Å². The van der Waals surface area contributed by atoms with Crippen molar-refractivity contribution < 1.29 is 4.79 Å². The summed E-state index contributed by atoms with van der Waals surface area (Å²) >= 11 is 0. The van der Waals surface area contributed by atoms with Gasteiger partial charge in [0.15, 0.2) is 0 Å². The van der Waals surface area contributed by atoms with Gasteiger partial charge in [-0.3, -0.25) is 0 Å². The topological polar surface area (TPSA) is 20.3 Å². The molecular weight excluding hydrogens is 246 g/mol. The number of hydrogen-bond donors (Lipinski definition) is 0. The van der Waals surface area contributed by atoms with Crippen molar-refractivity contribution in [3.8, 4) is 0 Å². The Morgan fingerprint density at radius 3 is 2.00 bits per heavy atom. The third-order valence-electron chi connectivity index (χ3n) is 4.34. The van der Waals surface area contributed by atoms with E-state index in [2.05, 4.69) is 67.4 Å².